The highest BCUT2D eigenvalue weighted by atomic mass is 19.1. The smallest absolute Gasteiger partial charge is 0.176 e. The predicted octanol–water partition coefficient (Wildman–Crippen LogP) is 2.49. The molecule has 0 saturated carbocycles. The molecule has 2 rings (SSSR count). The molecule has 3 heteroatoms. The van der Waals surface area contributed by atoms with Gasteiger partial charge in [0.15, 0.2) is 5.78 Å². The van der Waals surface area contributed by atoms with Gasteiger partial charge in [-0.15, -0.1) is 0 Å². The van der Waals surface area contributed by atoms with Crippen LogP contribution in [-0.2, 0) is 0 Å². The molecule has 0 unspecified atom stereocenters. The van der Waals surface area contributed by atoms with E-state index < -0.39 is 0 Å². The van der Waals surface area contributed by atoms with Crippen molar-refractivity contribution in [1.82, 2.24) is 4.90 Å². The Morgan fingerprint density at radius 1 is 1.25 bits per heavy atom. The van der Waals surface area contributed by atoms with Crippen molar-refractivity contribution in [2.75, 3.05) is 19.6 Å². The summed E-state index contributed by atoms with van der Waals surface area (Å²) in [7, 11) is 0. The molecule has 86 valence electrons. The van der Waals surface area contributed by atoms with E-state index in [-0.39, 0.29) is 11.6 Å². The number of carbonyl (C=O) groups excluding carboxylic acids is 1. The first kappa shape index (κ1) is 11.3. The van der Waals surface area contributed by atoms with Crippen molar-refractivity contribution in [1.29, 1.82) is 0 Å². The maximum Gasteiger partial charge on any atom is 0.176 e. The molecular weight excluding hydrogens is 205 g/mol. The second-order valence-electron chi connectivity index (χ2n) is 4.27. The fraction of sp³-hybridized carbons (Fsp3) is 0.462. The number of ketones is 1. The van der Waals surface area contributed by atoms with E-state index in [9.17, 15) is 9.18 Å². The summed E-state index contributed by atoms with van der Waals surface area (Å²) in [6, 6.07) is 5.93. The van der Waals surface area contributed by atoms with Crippen LogP contribution in [0.15, 0.2) is 24.3 Å². The lowest BCUT2D eigenvalue weighted by molar-refractivity contribution is 0.0915. The summed E-state index contributed by atoms with van der Waals surface area (Å²) in [5, 5.41) is 0. The highest BCUT2D eigenvalue weighted by Crippen LogP contribution is 2.10. The van der Waals surface area contributed by atoms with Gasteiger partial charge in [-0.3, -0.25) is 9.69 Å². The number of halogens is 1. The Kier molecular flexibility index (Phi) is 3.67. The number of piperidine rings is 1. The van der Waals surface area contributed by atoms with E-state index in [4.69, 9.17) is 0 Å². The molecule has 0 radical (unpaired) electrons. The minimum absolute atomic E-state index is 0.0152. The summed E-state index contributed by atoms with van der Waals surface area (Å²) in [6.45, 7) is 2.39. The fourth-order valence-electron chi connectivity index (χ4n) is 2.07. The molecule has 0 spiro atoms. The molecule has 0 aliphatic carbocycles. The number of nitrogens with zero attached hydrogens (tertiary/aromatic N) is 1. The van der Waals surface area contributed by atoms with Gasteiger partial charge >= 0.3 is 0 Å². The summed E-state index contributed by atoms with van der Waals surface area (Å²) in [5.41, 5.74) is 0.477. The molecule has 1 fully saturated rings. The van der Waals surface area contributed by atoms with Crippen LogP contribution >= 0.6 is 0 Å². The van der Waals surface area contributed by atoms with E-state index in [0.717, 1.165) is 25.9 Å². The summed E-state index contributed by atoms with van der Waals surface area (Å²) in [4.78, 5) is 14.0. The van der Waals surface area contributed by atoms with Gasteiger partial charge in [0.2, 0.25) is 0 Å². The van der Waals surface area contributed by atoms with Crippen LogP contribution in [0, 0.1) is 5.82 Å². The molecule has 0 bridgehead atoms. The van der Waals surface area contributed by atoms with Gasteiger partial charge in [-0.25, -0.2) is 4.39 Å². The lowest BCUT2D eigenvalue weighted by Crippen LogP contribution is -2.34. The highest BCUT2D eigenvalue weighted by molar-refractivity contribution is 5.97. The summed E-state index contributed by atoms with van der Waals surface area (Å²) in [5.74, 6) is -0.328. The Hall–Kier alpha value is -1.22. The van der Waals surface area contributed by atoms with Crippen LogP contribution in [0.5, 0.6) is 0 Å². The molecule has 0 N–H and O–H groups in total. The van der Waals surface area contributed by atoms with E-state index >= 15 is 0 Å². The molecule has 1 aromatic carbocycles. The van der Waals surface area contributed by atoms with E-state index in [1.54, 1.807) is 12.1 Å². The molecule has 2 nitrogen and oxygen atoms in total. The van der Waals surface area contributed by atoms with E-state index in [2.05, 4.69) is 4.90 Å². The SMILES string of the molecule is O=C(CN1CCCCC1)c1cccc(F)c1. The van der Waals surface area contributed by atoms with Crippen molar-refractivity contribution in [2.24, 2.45) is 0 Å². The van der Waals surface area contributed by atoms with Gasteiger partial charge < -0.3 is 0 Å². The number of carbonyl (C=O) groups is 1. The lowest BCUT2D eigenvalue weighted by atomic mass is 10.1. The van der Waals surface area contributed by atoms with Crippen LogP contribution in [-0.4, -0.2) is 30.3 Å². The minimum Gasteiger partial charge on any atom is -0.296 e. The standard InChI is InChI=1S/C13H16FNO/c14-12-6-4-5-11(9-12)13(16)10-15-7-2-1-3-8-15/h4-6,9H,1-3,7-8,10H2. The van der Waals surface area contributed by atoms with E-state index in [0.29, 0.717) is 12.1 Å². The average Bonchev–Trinajstić information content (AvgIpc) is 2.30. The Morgan fingerprint density at radius 3 is 2.69 bits per heavy atom. The molecule has 0 amide bonds. The molecule has 0 aromatic heterocycles. The second-order valence-corrected chi connectivity index (χ2v) is 4.27. The van der Waals surface area contributed by atoms with Crippen molar-refractivity contribution in [3.63, 3.8) is 0 Å². The van der Waals surface area contributed by atoms with E-state index in [1.165, 1.54) is 18.6 Å². The molecule has 1 saturated heterocycles. The third kappa shape index (κ3) is 2.89. The van der Waals surface area contributed by atoms with Crippen LogP contribution in [0.3, 0.4) is 0 Å². The number of hydrogen-bond acceptors (Lipinski definition) is 2. The lowest BCUT2D eigenvalue weighted by Gasteiger charge is -2.25. The van der Waals surface area contributed by atoms with Crippen molar-refractivity contribution in [2.45, 2.75) is 19.3 Å². The maximum absolute atomic E-state index is 12.9. The topological polar surface area (TPSA) is 20.3 Å². The summed E-state index contributed by atoms with van der Waals surface area (Å²) >= 11 is 0. The molecule has 16 heavy (non-hydrogen) atoms. The van der Waals surface area contributed by atoms with Gasteiger partial charge in [0.25, 0.3) is 0 Å². The summed E-state index contributed by atoms with van der Waals surface area (Å²) in [6.07, 6.45) is 3.58. The third-order valence-electron chi connectivity index (χ3n) is 2.96. The zero-order chi connectivity index (χ0) is 11.4. The molecule has 1 heterocycles. The molecule has 1 aliphatic heterocycles. The van der Waals surface area contributed by atoms with Crippen molar-refractivity contribution in [3.8, 4) is 0 Å². The number of rotatable bonds is 3. The van der Waals surface area contributed by atoms with Crippen LogP contribution < -0.4 is 0 Å². The first-order valence-corrected chi connectivity index (χ1v) is 5.77. The van der Waals surface area contributed by atoms with Crippen LogP contribution in [0.25, 0.3) is 0 Å². The van der Waals surface area contributed by atoms with Gasteiger partial charge in [0, 0.05) is 5.56 Å². The first-order valence-electron chi connectivity index (χ1n) is 5.77. The monoisotopic (exact) mass is 221 g/mol. The van der Waals surface area contributed by atoms with Gasteiger partial charge in [0.1, 0.15) is 5.82 Å². The minimum atomic E-state index is -0.343. The molecule has 0 atom stereocenters. The van der Waals surface area contributed by atoms with Gasteiger partial charge in [0.05, 0.1) is 6.54 Å². The Bertz CT molecular complexity index is 372. The Morgan fingerprint density at radius 2 is 2.00 bits per heavy atom. The molecule has 1 aliphatic rings. The van der Waals surface area contributed by atoms with Crippen LogP contribution in [0.2, 0.25) is 0 Å². The Balaban J connectivity index is 1.97. The first-order chi connectivity index (χ1) is 7.75. The zero-order valence-corrected chi connectivity index (χ0v) is 9.29. The van der Waals surface area contributed by atoms with E-state index in [1.807, 2.05) is 0 Å². The van der Waals surface area contributed by atoms with Crippen LogP contribution in [0.4, 0.5) is 4.39 Å². The fourth-order valence-corrected chi connectivity index (χ4v) is 2.07. The maximum atomic E-state index is 12.9. The molecular formula is C13H16FNO. The van der Waals surface area contributed by atoms with Crippen LogP contribution in [0.1, 0.15) is 29.6 Å². The largest absolute Gasteiger partial charge is 0.296 e. The van der Waals surface area contributed by atoms with Gasteiger partial charge in [-0.1, -0.05) is 18.6 Å². The average molecular weight is 221 g/mol. The number of Topliss-reactive ketones (excluding diaryl/α,β-unsaturated/α-hetero) is 1. The Labute approximate surface area is 95.1 Å². The van der Waals surface area contributed by atoms with Crippen molar-refractivity contribution >= 4 is 5.78 Å². The quantitative estimate of drug-likeness (QED) is 0.731. The summed E-state index contributed by atoms with van der Waals surface area (Å²) < 4.78 is 12.9. The van der Waals surface area contributed by atoms with Crippen molar-refractivity contribution < 1.29 is 9.18 Å². The predicted molar refractivity (Wildman–Crippen MR) is 61.0 cm³/mol. The zero-order valence-electron chi connectivity index (χ0n) is 9.29. The third-order valence-corrected chi connectivity index (χ3v) is 2.96. The number of likely N-dealkylation sites (tertiary alicyclic amines) is 1. The van der Waals surface area contributed by atoms with Gasteiger partial charge in [-0.05, 0) is 38.1 Å². The van der Waals surface area contributed by atoms with Crippen molar-refractivity contribution in [3.05, 3.63) is 35.6 Å². The molecule has 1 aromatic rings. The van der Waals surface area contributed by atoms with Gasteiger partial charge in [-0.2, -0.15) is 0 Å². The number of benzene rings is 1. The highest BCUT2D eigenvalue weighted by Gasteiger charge is 2.15. The number of hydrogen-bond donors (Lipinski definition) is 0. The normalized spacial score (nSPS) is 17.3. The second kappa shape index (κ2) is 5.21.